The third kappa shape index (κ3) is 2.69. The maximum Gasteiger partial charge on any atom is 0.222 e. The third-order valence-corrected chi connectivity index (χ3v) is 2.35. The van der Waals surface area contributed by atoms with Gasteiger partial charge in [-0.1, -0.05) is 0 Å². The van der Waals surface area contributed by atoms with Crippen LogP contribution in [0.2, 0.25) is 0 Å². The Morgan fingerprint density at radius 2 is 2.26 bits per heavy atom. The number of nitrogens with one attached hydrogen (secondary N) is 1. The zero-order valence-corrected chi connectivity index (χ0v) is 10.0. The van der Waals surface area contributed by atoms with Crippen LogP contribution in [0, 0.1) is 17.1 Å². The number of rotatable bonds is 3. The summed E-state index contributed by atoms with van der Waals surface area (Å²) in [6.07, 6.45) is 0.973. The second-order valence-corrected chi connectivity index (χ2v) is 3.58. The smallest absolute Gasteiger partial charge is 0.222 e. The van der Waals surface area contributed by atoms with Crippen molar-refractivity contribution in [3.63, 3.8) is 0 Å². The van der Waals surface area contributed by atoms with Crippen LogP contribution in [-0.4, -0.2) is 17.1 Å². The Hall–Kier alpha value is -2.88. The van der Waals surface area contributed by atoms with Gasteiger partial charge in [0.15, 0.2) is 11.6 Å². The van der Waals surface area contributed by atoms with Crippen LogP contribution in [0.1, 0.15) is 5.56 Å². The van der Waals surface area contributed by atoms with Gasteiger partial charge in [-0.25, -0.2) is 9.37 Å². The second kappa shape index (κ2) is 5.18. The molecule has 0 saturated heterocycles. The van der Waals surface area contributed by atoms with Crippen molar-refractivity contribution < 1.29 is 9.13 Å². The summed E-state index contributed by atoms with van der Waals surface area (Å²) in [6.45, 7) is 0. The van der Waals surface area contributed by atoms with E-state index in [0.717, 1.165) is 6.20 Å². The maximum atomic E-state index is 13.5. The van der Waals surface area contributed by atoms with Crippen LogP contribution in [0.5, 0.6) is 5.75 Å². The number of methoxy groups -OCH3 is 1. The third-order valence-electron chi connectivity index (χ3n) is 2.35. The zero-order chi connectivity index (χ0) is 13.8. The van der Waals surface area contributed by atoms with E-state index in [2.05, 4.69) is 15.3 Å². The first-order chi connectivity index (χ1) is 9.13. The van der Waals surface area contributed by atoms with Gasteiger partial charge in [-0.05, 0) is 12.1 Å². The summed E-state index contributed by atoms with van der Waals surface area (Å²) in [5.74, 6) is -0.344. The fraction of sp³-hybridized carbons (Fsp3) is 0.0833. The number of benzene rings is 1. The number of aromatic nitrogens is 2. The van der Waals surface area contributed by atoms with E-state index in [1.54, 1.807) is 12.1 Å². The normalized spacial score (nSPS) is 9.74. The molecule has 96 valence electrons. The number of ether oxygens (including phenoxy) is 1. The van der Waals surface area contributed by atoms with Crippen molar-refractivity contribution >= 4 is 17.5 Å². The fourth-order valence-electron chi connectivity index (χ4n) is 1.46. The van der Waals surface area contributed by atoms with Crippen molar-refractivity contribution in [2.45, 2.75) is 0 Å². The molecule has 1 aromatic carbocycles. The average molecular weight is 259 g/mol. The molecular weight excluding hydrogens is 249 g/mol. The molecule has 2 aromatic rings. The van der Waals surface area contributed by atoms with Gasteiger partial charge in [-0.3, -0.25) is 0 Å². The van der Waals surface area contributed by atoms with Crippen molar-refractivity contribution in [2.75, 3.05) is 18.2 Å². The van der Waals surface area contributed by atoms with Crippen molar-refractivity contribution in [3.8, 4) is 11.8 Å². The summed E-state index contributed by atoms with van der Waals surface area (Å²) < 4.78 is 18.6. The lowest BCUT2D eigenvalue weighted by molar-refractivity contribution is 0.416. The quantitative estimate of drug-likeness (QED) is 0.872. The average Bonchev–Trinajstić information content (AvgIpc) is 2.43. The highest BCUT2D eigenvalue weighted by Gasteiger charge is 2.10. The van der Waals surface area contributed by atoms with Crippen LogP contribution < -0.4 is 15.8 Å². The van der Waals surface area contributed by atoms with Crippen LogP contribution in [-0.2, 0) is 0 Å². The molecule has 6 nitrogen and oxygen atoms in total. The second-order valence-electron chi connectivity index (χ2n) is 3.58. The lowest BCUT2D eigenvalue weighted by Gasteiger charge is -2.11. The van der Waals surface area contributed by atoms with Gasteiger partial charge in [0.25, 0.3) is 0 Å². The SMILES string of the molecule is COc1cc(C#N)ccc1Nc1nc(N)ncc1F. The molecule has 0 amide bonds. The van der Waals surface area contributed by atoms with Gasteiger partial charge >= 0.3 is 0 Å². The molecule has 0 atom stereocenters. The first-order valence-electron chi connectivity index (χ1n) is 5.27. The molecular formula is C12H10FN5O. The molecule has 1 heterocycles. The van der Waals surface area contributed by atoms with E-state index in [1.807, 2.05) is 6.07 Å². The van der Waals surface area contributed by atoms with Gasteiger partial charge in [0, 0.05) is 6.07 Å². The number of halogens is 1. The van der Waals surface area contributed by atoms with Gasteiger partial charge < -0.3 is 15.8 Å². The van der Waals surface area contributed by atoms with Crippen LogP contribution in [0.15, 0.2) is 24.4 Å². The first-order valence-corrected chi connectivity index (χ1v) is 5.27. The first kappa shape index (κ1) is 12.6. The van der Waals surface area contributed by atoms with Crippen molar-refractivity contribution in [1.82, 2.24) is 9.97 Å². The summed E-state index contributed by atoms with van der Waals surface area (Å²) in [7, 11) is 1.45. The number of anilines is 3. The van der Waals surface area contributed by atoms with Crippen LogP contribution in [0.3, 0.4) is 0 Å². The van der Waals surface area contributed by atoms with E-state index in [9.17, 15) is 4.39 Å². The predicted molar refractivity (Wildman–Crippen MR) is 67.4 cm³/mol. The summed E-state index contributed by atoms with van der Waals surface area (Å²) >= 11 is 0. The van der Waals surface area contributed by atoms with Gasteiger partial charge in [0.1, 0.15) is 5.75 Å². The maximum absolute atomic E-state index is 13.5. The Bertz CT molecular complexity index is 653. The number of nitrogens with two attached hydrogens (primary N) is 1. The van der Waals surface area contributed by atoms with Gasteiger partial charge in [0.2, 0.25) is 5.95 Å². The zero-order valence-electron chi connectivity index (χ0n) is 10.0. The highest BCUT2D eigenvalue weighted by atomic mass is 19.1. The van der Waals surface area contributed by atoms with Crippen LogP contribution >= 0.6 is 0 Å². The molecule has 7 heteroatoms. The summed E-state index contributed by atoms with van der Waals surface area (Å²) in [5, 5.41) is 11.5. The van der Waals surface area contributed by atoms with E-state index >= 15 is 0 Å². The number of nitriles is 1. The molecule has 0 bridgehead atoms. The van der Waals surface area contributed by atoms with Gasteiger partial charge in [0.05, 0.1) is 30.6 Å². The Morgan fingerprint density at radius 1 is 1.47 bits per heavy atom. The molecule has 2 rings (SSSR count). The standard InChI is InChI=1S/C12H10FN5O/c1-19-10-4-7(5-14)2-3-9(10)17-11-8(13)6-16-12(15)18-11/h2-4,6H,1H3,(H3,15,16,17,18). The minimum Gasteiger partial charge on any atom is -0.495 e. The summed E-state index contributed by atoms with van der Waals surface area (Å²) in [4.78, 5) is 7.27. The predicted octanol–water partition coefficient (Wildman–Crippen LogP) is 1.82. The monoisotopic (exact) mass is 259 g/mol. The largest absolute Gasteiger partial charge is 0.495 e. The Kier molecular flexibility index (Phi) is 3.43. The number of hydrogen-bond donors (Lipinski definition) is 2. The molecule has 19 heavy (non-hydrogen) atoms. The highest BCUT2D eigenvalue weighted by Crippen LogP contribution is 2.28. The molecule has 0 aliphatic rings. The van der Waals surface area contributed by atoms with Crippen molar-refractivity contribution in [3.05, 3.63) is 35.8 Å². The molecule has 3 N–H and O–H groups in total. The van der Waals surface area contributed by atoms with E-state index < -0.39 is 5.82 Å². The van der Waals surface area contributed by atoms with Crippen molar-refractivity contribution in [2.24, 2.45) is 0 Å². The van der Waals surface area contributed by atoms with E-state index in [0.29, 0.717) is 17.0 Å². The molecule has 0 saturated carbocycles. The molecule has 1 aromatic heterocycles. The topological polar surface area (TPSA) is 96.8 Å². The fourth-order valence-corrected chi connectivity index (χ4v) is 1.46. The lowest BCUT2D eigenvalue weighted by atomic mass is 10.2. The van der Waals surface area contributed by atoms with Crippen molar-refractivity contribution in [1.29, 1.82) is 5.26 Å². The van der Waals surface area contributed by atoms with Gasteiger partial charge in [-0.15, -0.1) is 0 Å². The minimum absolute atomic E-state index is 0.0449. The molecule has 0 radical (unpaired) electrons. The molecule has 0 spiro atoms. The molecule has 0 aliphatic heterocycles. The van der Waals surface area contributed by atoms with E-state index in [4.69, 9.17) is 15.7 Å². The number of hydrogen-bond acceptors (Lipinski definition) is 6. The lowest BCUT2D eigenvalue weighted by Crippen LogP contribution is -2.03. The summed E-state index contributed by atoms with van der Waals surface area (Å²) in [5.41, 5.74) is 6.30. The number of nitrogen functional groups attached to an aromatic ring is 1. The molecule has 0 aliphatic carbocycles. The Balaban J connectivity index is 2.38. The van der Waals surface area contributed by atoms with E-state index in [1.165, 1.54) is 13.2 Å². The summed E-state index contributed by atoms with van der Waals surface area (Å²) in [6, 6.07) is 6.69. The molecule has 0 unspecified atom stereocenters. The molecule has 0 fully saturated rings. The van der Waals surface area contributed by atoms with Crippen LogP contribution in [0.4, 0.5) is 21.8 Å². The Labute approximate surface area is 108 Å². The Morgan fingerprint density at radius 3 is 2.95 bits per heavy atom. The van der Waals surface area contributed by atoms with Crippen LogP contribution in [0.25, 0.3) is 0 Å². The van der Waals surface area contributed by atoms with Gasteiger partial charge in [-0.2, -0.15) is 10.2 Å². The highest BCUT2D eigenvalue weighted by molar-refractivity contribution is 5.66. The number of nitrogens with zero attached hydrogens (tertiary/aromatic N) is 3. The van der Waals surface area contributed by atoms with E-state index in [-0.39, 0.29) is 11.8 Å². The minimum atomic E-state index is -0.638.